The highest BCUT2D eigenvalue weighted by molar-refractivity contribution is 5.79. The van der Waals surface area contributed by atoms with Crippen molar-refractivity contribution in [2.75, 3.05) is 0 Å². The summed E-state index contributed by atoms with van der Waals surface area (Å²) in [4.78, 5) is 22.4. The Balaban J connectivity index is 2.52. The van der Waals surface area contributed by atoms with Gasteiger partial charge in [-0.05, 0) is 33.1 Å². The summed E-state index contributed by atoms with van der Waals surface area (Å²) in [6.07, 6.45) is 2.75. The average molecular weight is 228 g/mol. The van der Waals surface area contributed by atoms with E-state index in [1.165, 1.54) is 0 Å². The van der Waals surface area contributed by atoms with Crippen LogP contribution in [0.3, 0.4) is 0 Å². The molecule has 1 aliphatic rings. The molecular weight excluding hydrogens is 208 g/mol. The van der Waals surface area contributed by atoms with Crippen molar-refractivity contribution in [1.82, 2.24) is 0 Å². The fraction of sp³-hybridized carbons (Fsp3) is 0.833. The number of hydrogen-bond acceptors (Lipinski definition) is 3. The highest BCUT2D eigenvalue weighted by Gasteiger charge is 2.33. The normalized spacial score (nSPS) is 17.9. The van der Waals surface area contributed by atoms with E-state index in [-0.39, 0.29) is 12.4 Å². The zero-order valence-corrected chi connectivity index (χ0v) is 10.2. The second-order valence-electron chi connectivity index (χ2n) is 5.51. The number of ether oxygens (including phenoxy) is 1. The van der Waals surface area contributed by atoms with Crippen molar-refractivity contribution in [2.24, 2.45) is 11.8 Å². The van der Waals surface area contributed by atoms with Gasteiger partial charge in [-0.3, -0.25) is 9.59 Å². The lowest BCUT2D eigenvalue weighted by Gasteiger charge is -2.23. The van der Waals surface area contributed by atoms with E-state index in [1.807, 2.05) is 0 Å². The minimum absolute atomic E-state index is 0.120. The van der Waals surface area contributed by atoms with Crippen LogP contribution in [0.1, 0.15) is 46.5 Å². The predicted molar refractivity (Wildman–Crippen MR) is 58.9 cm³/mol. The Hall–Kier alpha value is -1.06. The largest absolute Gasteiger partial charge is 0.481 e. The molecule has 1 aliphatic carbocycles. The monoisotopic (exact) mass is 228 g/mol. The molecule has 0 radical (unpaired) electrons. The molecule has 0 aromatic rings. The van der Waals surface area contributed by atoms with E-state index < -0.39 is 17.5 Å². The molecule has 16 heavy (non-hydrogen) atoms. The van der Waals surface area contributed by atoms with Crippen LogP contribution in [0.2, 0.25) is 0 Å². The van der Waals surface area contributed by atoms with Crippen LogP contribution in [0.25, 0.3) is 0 Å². The fourth-order valence-electron chi connectivity index (χ4n) is 1.61. The summed E-state index contributed by atoms with van der Waals surface area (Å²) >= 11 is 0. The Bertz CT molecular complexity index is 273. The molecule has 0 aliphatic heterocycles. The zero-order valence-electron chi connectivity index (χ0n) is 10.2. The Kier molecular flexibility index (Phi) is 3.94. The number of esters is 1. The average Bonchev–Trinajstić information content (AvgIpc) is 2.82. The molecule has 1 atom stereocenters. The lowest BCUT2D eigenvalue weighted by Crippen LogP contribution is -2.30. The minimum Gasteiger partial charge on any atom is -0.481 e. The molecule has 0 aromatic heterocycles. The van der Waals surface area contributed by atoms with Crippen LogP contribution < -0.4 is 0 Å². The van der Waals surface area contributed by atoms with Crippen molar-refractivity contribution in [1.29, 1.82) is 0 Å². The summed E-state index contributed by atoms with van der Waals surface area (Å²) in [5.74, 6) is -1.26. The first-order valence-corrected chi connectivity index (χ1v) is 5.72. The summed E-state index contributed by atoms with van der Waals surface area (Å²) in [6.45, 7) is 5.37. The van der Waals surface area contributed by atoms with Crippen LogP contribution in [-0.2, 0) is 14.3 Å². The van der Waals surface area contributed by atoms with E-state index in [9.17, 15) is 9.59 Å². The van der Waals surface area contributed by atoms with Gasteiger partial charge in [0.15, 0.2) is 0 Å². The third-order valence-corrected chi connectivity index (χ3v) is 2.48. The summed E-state index contributed by atoms with van der Waals surface area (Å²) in [7, 11) is 0. The lowest BCUT2D eigenvalue weighted by atomic mass is 9.98. The number of carbonyl (C=O) groups is 2. The van der Waals surface area contributed by atoms with Crippen molar-refractivity contribution in [3.63, 3.8) is 0 Å². The summed E-state index contributed by atoms with van der Waals surface area (Å²) in [6, 6.07) is 0. The van der Waals surface area contributed by atoms with Crippen LogP contribution in [0.5, 0.6) is 0 Å². The summed E-state index contributed by atoms with van der Waals surface area (Å²) < 4.78 is 5.23. The topological polar surface area (TPSA) is 63.6 Å². The molecule has 0 heterocycles. The molecular formula is C12H20O4. The fourth-order valence-corrected chi connectivity index (χ4v) is 1.61. The third-order valence-electron chi connectivity index (χ3n) is 2.48. The standard InChI is InChI=1S/C12H20O4/c1-12(2,3)16-11(15)9(7-10(13)14)6-8-4-5-8/h8-9H,4-7H2,1-3H3,(H,13,14)/t9-/m0/s1. The number of rotatable bonds is 5. The molecule has 0 amide bonds. The van der Waals surface area contributed by atoms with Gasteiger partial charge in [-0.2, -0.15) is 0 Å². The predicted octanol–water partition coefficient (Wildman–Crippen LogP) is 2.22. The van der Waals surface area contributed by atoms with Crippen LogP contribution in [0.15, 0.2) is 0 Å². The number of carboxylic acid groups (broad SMARTS) is 1. The molecule has 4 nitrogen and oxygen atoms in total. The van der Waals surface area contributed by atoms with Crippen molar-refractivity contribution >= 4 is 11.9 Å². The molecule has 0 aromatic carbocycles. The highest BCUT2D eigenvalue weighted by Crippen LogP contribution is 2.36. The van der Waals surface area contributed by atoms with Crippen LogP contribution in [-0.4, -0.2) is 22.6 Å². The van der Waals surface area contributed by atoms with Gasteiger partial charge in [0.25, 0.3) is 0 Å². The van der Waals surface area contributed by atoms with Gasteiger partial charge in [0.2, 0.25) is 0 Å². The van der Waals surface area contributed by atoms with Crippen molar-refractivity contribution in [3.8, 4) is 0 Å². The van der Waals surface area contributed by atoms with E-state index >= 15 is 0 Å². The van der Waals surface area contributed by atoms with Crippen molar-refractivity contribution < 1.29 is 19.4 Å². The molecule has 0 bridgehead atoms. The van der Waals surface area contributed by atoms with Crippen molar-refractivity contribution in [3.05, 3.63) is 0 Å². The summed E-state index contributed by atoms with van der Waals surface area (Å²) in [5, 5.41) is 8.76. The second kappa shape index (κ2) is 4.85. The maximum atomic E-state index is 11.8. The van der Waals surface area contributed by atoms with Crippen LogP contribution in [0, 0.1) is 11.8 Å². The van der Waals surface area contributed by atoms with Gasteiger partial charge in [-0.15, -0.1) is 0 Å². The first kappa shape index (κ1) is 13.0. The lowest BCUT2D eigenvalue weighted by molar-refractivity contribution is -0.163. The first-order chi connectivity index (χ1) is 7.28. The first-order valence-electron chi connectivity index (χ1n) is 5.72. The number of hydrogen-bond donors (Lipinski definition) is 1. The molecule has 0 spiro atoms. The van der Waals surface area contributed by atoms with Gasteiger partial charge < -0.3 is 9.84 Å². The van der Waals surface area contributed by atoms with Crippen LogP contribution in [0.4, 0.5) is 0 Å². The Morgan fingerprint density at radius 1 is 1.38 bits per heavy atom. The van der Waals surface area contributed by atoms with E-state index in [2.05, 4.69) is 0 Å². The molecule has 0 saturated heterocycles. The molecule has 92 valence electrons. The van der Waals surface area contributed by atoms with E-state index in [0.29, 0.717) is 12.3 Å². The van der Waals surface area contributed by atoms with Gasteiger partial charge in [0.05, 0.1) is 12.3 Å². The molecule has 1 fully saturated rings. The summed E-state index contributed by atoms with van der Waals surface area (Å²) in [5.41, 5.74) is -0.544. The second-order valence-corrected chi connectivity index (χ2v) is 5.51. The van der Waals surface area contributed by atoms with Crippen LogP contribution >= 0.6 is 0 Å². The molecule has 0 unspecified atom stereocenters. The minimum atomic E-state index is -0.934. The Morgan fingerprint density at radius 3 is 2.31 bits per heavy atom. The number of aliphatic carboxylic acids is 1. The van der Waals surface area contributed by atoms with E-state index in [4.69, 9.17) is 9.84 Å². The van der Waals surface area contributed by atoms with Gasteiger partial charge in [0, 0.05) is 0 Å². The van der Waals surface area contributed by atoms with Gasteiger partial charge in [-0.25, -0.2) is 0 Å². The number of carboxylic acids is 1. The van der Waals surface area contributed by atoms with E-state index in [0.717, 1.165) is 12.8 Å². The van der Waals surface area contributed by atoms with Gasteiger partial charge >= 0.3 is 11.9 Å². The molecule has 1 rings (SSSR count). The number of carbonyl (C=O) groups excluding carboxylic acids is 1. The maximum absolute atomic E-state index is 11.8. The molecule has 1 N–H and O–H groups in total. The highest BCUT2D eigenvalue weighted by atomic mass is 16.6. The smallest absolute Gasteiger partial charge is 0.310 e. The molecule has 1 saturated carbocycles. The van der Waals surface area contributed by atoms with E-state index in [1.54, 1.807) is 20.8 Å². The maximum Gasteiger partial charge on any atom is 0.310 e. The van der Waals surface area contributed by atoms with Gasteiger partial charge in [-0.1, -0.05) is 12.8 Å². The van der Waals surface area contributed by atoms with Gasteiger partial charge in [0.1, 0.15) is 5.60 Å². The quantitative estimate of drug-likeness (QED) is 0.733. The third kappa shape index (κ3) is 5.14. The molecule has 4 heteroatoms. The Morgan fingerprint density at radius 2 is 1.94 bits per heavy atom. The van der Waals surface area contributed by atoms with Crippen molar-refractivity contribution in [2.45, 2.75) is 52.1 Å². The Labute approximate surface area is 96.0 Å². The zero-order chi connectivity index (χ0) is 12.3. The SMILES string of the molecule is CC(C)(C)OC(=O)[C@H](CC(=O)O)CC1CC1.